The Hall–Kier alpha value is -2.41. The average Bonchev–Trinajstić information content (AvgIpc) is 2.47. The summed E-state index contributed by atoms with van der Waals surface area (Å²) < 4.78 is 54.5. The predicted octanol–water partition coefficient (Wildman–Crippen LogP) is 2.76. The van der Waals surface area contributed by atoms with E-state index in [1.807, 2.05) is 0 Å². The first-order valence-electron chi connectivity index (χ1n) is 5.41. The van der Waals surface area contributed by atoms with Crippen LogP contribution in [-0.2, 0) is 0 Å². The molecule has 0 heterocycles. The lowest BCUT2D eigenvalue weighted by Crippen LogP contribution is -2.17. The SMILES string of the molecule is NNc1c(F)c(F)c(C(=O)c2ccccc2)c(F)c1F. The number of anilines is 1. The Bertz CT molecular complexity index is 645. The van der Waals surface area contributed by atoms with Gasteiger partial charge in [0.15, 0.2) is 29.1 Å². The second kappa shape index (κ2) is 5.30. The van der Waals surface area contributed by atoms with Crippen LogP contribution in [0.1, 0.15) is 15.9 Å². The summed E-state index contributed by atoms with van der Waals surface area (Å²) in [5, 5.41) is 0. The zero-order valence-corrected chi connectivity index (χ0v) is 9.88. The van der Waals surface area contributed by atoms with Crippen molar-refractivity contribution in [3.8, 4) is 0 Å². The lowest BCUT2D eigenvalue weighted by Gasteiger charge is -2.10. The van der Waals surface area contributed by atoms with Gasteiger partial charge in [-0.3, -0.25) is 10.6 Å². The number of hydrogen-bond donors (Lipinski definition) is 2. The normalized spacial score (nSPS) is 10.4. The molecule has 0 atom stereocenters. The van der Waals surface area contributed by atoms with Gasteiger partial charge in [0, 0.05) is 5.56 Å². The maximum Gasteiger partial charge on any atom is 0.199 e. The molecule has 2 aromatic rings. The number of carbonyl (C=O) groups is 1. The summed E-state index contributed by atoms with van der Waals surface area (Å²) in [4.78, 5) is 11.9. The lowest BCUT2D eigenvalue weighted by atomic mass is 10.0. The maximum absolute atomic E-state index is 13.7. The van der Waals surface area contributed by atoms with E-state index in [9.17, 15) is 22.4 Å². The highest BCUT2D eigenvalue weighted by atomic mass is 19.2. The monoisotopic (exact) mass is 284 g/mol. The highest BCUT2D eigenvalue weighted by molar-refractivity contribution is 6.09. The van der Waals surface area contributed by atoms with Crippen LogP contribution in [0.2, 0.25) is 0 Å². The molecule has 0 unspecified atom stereocenters. The van der Waals surface area contributed by atoms with E-state index in [2.05, 4.69) is 0 Å². The molecule has 0 saturated heterocycles. The molecule has 0 aliphatic heterocycles. The summed E-state index contributed by atoms with van der Waals surface area (Å²) in [6, 6.07) is 7.02. The van der Waals surface area contributed by atoms with Crippen molar-refractivity contribution in [1.82, 2.24) is 0 Å². The van der Waals surface area contributed by atoms with Gasteiger partial charge >= 0.3 is 0 Å². The molecular weight excluding hydrogens is 276 g/mol. The zero-order valence-electron chi connectivity index (χ0n) is 9.88. The highest BCUT2D eigenvalue weighted by Crippen LogP contribution is 2.28. The van der Waals surface area contributed by atoms with Crippen molar-refractivity contribution < 1.29 is 22.4 Å². The van der Waals surface area contributed by atoms with Gasteiger partial charge in [0.1, 0.15) is 11.3 Å². The number of rotatable bonds is 3. The zero-order chi connectivity index (χ0) is 14.9. The molecule has 0 spiro atoms. The third-order valence-electron chi connectivity index (χ3n) is 2.67. The summed E-state index contributed by atoms with van der Waals surface area (Å²) >= 11 is 0. The largest absolute Gasteiger partial charge is 0.319 e. The van der Waals surface area contributed by atoms with Crippen LogP contribution in [0.15, 0.2) is 30.3 Å². The van der Waals surface area contributed by atoms with Crippen molar-refractivity contribution in [2.45, 2.75) is 0 Å². The fourth-order valence-electron chi connectivity index (χ4n) is 1.69. The van der Waals surface area contributed by atoms with Gasteiger partial charge in [0.2, 0.25) is 0 Å². The molecule has 0 saturated carbocycles. The van der Waals surface area contributed by atoms with Gasteiger partial charge in [0.25, 0.3) is 0 Å². The molecule has 20 heavy (non-hydrogen) atoms. The molecule has 3 nitrogen and oxygen atoms in total. The van der Waals surface area contributed by atoms with E-state index in [0.29, 0.717) is 0 Å². The van der Waals surface area contributed by atoms with Crippen LogP contribution in [0.5, 0.6) is 0 Å². The van der Waals surface area contributed by atoms with Crippen molar-refractivity contribution in [1.29, 1.82) is 0 Å². The molecule has 2 aromatic carbocycles. The van der Waals surface area contributed by atoms with Gasteiger partial charge in [-0.1, -0.05) is 30.3 Å². The van der Waals surface area contributed by atoms with E-state index in [0.717, 1.165) is 0 Å². The number of nitrogens with one attached hydrogen (secondary N) is 1. The van der Waals surface area contributed by atoms with Gasteiger partial charge in [-0.2, -0.15) is 0 Å². The predicted molar refractivity (Wildman–Crippen MR) is 64.0 cm³/mol. The van der Waals surface area contributed by atoms with Gasteiger partial charge in [-0.15, -0.1) is 0 Å². The Morgan fingerprint density at radius 3 is 1.85 bits per heavy atom. The molecule has 0 radical (unpaired) electrons. The number of benzene rings is 2. The molecule has 7 heteroatoms. The third-order valence-corrected chi connectivity index (χ3v) is 2.67. The van der Waals surface area contributed by atoms with Crippen molar-refractivity contribution >= 4 is 11.5 Å². The smallest absolute Gasteiger partial charge is 0.199 e. The van der Waals surface area contributed by atoms with Crippen LogP contribution in [0.3, 0.4) is 0 Å². The number of nitrogens with two attached hydrogens (primary N) is 1. The maximum atomic E-state index is 13.7. The van der Waals surface area contributed by atoms with Gasteiger partial charge in [-0.05, 0) is 0 Å². The lowest BCUT2D eigenvalue weighted by molar-refractivity contribution is 0.102. The van der Waals surface area contributed by atoms with E-state index >= 15 is 0 Å². The Kier molecular flexibility index (Phi) is 3.71. The van der Waals surface area contributed by atoms with Crippen molar-refractivity contribution in [3.63, 3.8) is 0 Å². The average molecular weight is 284 g/mol. The number of hydrazine groups is 1. The van der Waals surface area contributed by atoms with Crippen LogP contribution >= 0.6 is 0 Å². The number of carbonyl (C=O) groups excluding carboxylic acids is 1. The molecule has 3 N–H and O–H groups in total. The molecular formula is C13H8F4N2O. The van der Waals surface area contributed by atoms with E-state index < -0.39 is 40.3 Å². The van der Waals surface area contributed by atoms with Crippen LogP contribution < -0.4 is 11.3 Å². The second-order valence-electron chi connectivity index (χ2n) is 3.85. The minimum Gasteiger partial charge on any atom is -0.319 e. The summed E-state index contributed by atoms with van der Waals surface area (Å²) in [6.07, 6.45) is 0. The summed E-state index contributed by atoms with van der Waals surface area (Å²) in [7, 11) is 0. The first-order chi connectivity index (χ1) is 9.49. The fourth-order valence-corrected chi connectivity index (χ4v) is 1.69. The third kappa shape index (κ3) is 2.12. The second-order valence-corrected chi connectivity index (χ2v) is 3.85. The van der Waals surface area contributed by atoms with E-state index in [4.69, 9.17) is 5.84 Å². The highest BCUT2D eigenvalue weighted by Gasteiger charge is 2.29. The quantitative estimate of drug-likeness (QED) is 0.299. The van der Waals surface area contributed by atoms with Crippen molar-refractivity contribution in [2.24, 2.45) is 5.84 Å². The number of halogens is 4. The van der Waals surface area contributed by atoms with Crippen LogP contribution in [0.25, 0.3) is 0 Å². The molecule has 0 aromatic heterocycles. The van der Waals surface area contributed by atoms with Crippen LogP contribution in [0, 0.1) is 23.3 Å². The number of hydrogen-bond acceptors (Lipinski definition) is 3. The first kappa shape index (κ1) is 14.0. The fraction of sp³-hybridized carbons (Fsp3) is 0. The first-order valence-corrected chi connectivity index (χ1v) is 5.41. The standard InChI is InChI=1S/C13H8F4N2O/c14-8-7(13(20)6-4-2-1-3-5-6)9(15)11(17)12(19-18)10(8)16/h1-5,19H,18H2. The Morgan fingerprint density at radius 2 is 1.40 bits per heavy atom. The Morgan fingerprint density at radius 1 is 0.900 bits per heavy atom. The molecule has 0 amide bonds. The minimum atomic E-state index is -1.80. The van der Waals surface area contributed by atoms with Gasteiger partial charge in [0.05, 0.1) is 0 Å². The topological polar surface area (TPSA) is 55.1 Å². The number of nitrogen functional groups attached to an aromatic ring is 1. The van der Waals surface area contributed by atoms with Crippen LogP contribution in [-0.4, -0.2) is 5.78 Å². The van der Waals surface area contributed by atoms with Crippen molar-refractivity contribution in [3.05, 3.63) is 64.7 Å². The van der Waals surface area contributed by atoms with E-state index in [-0.39, 0.29) is 5.56 Å². The Labute approximate surface area is 111 Å². The van der Waals surface area contributed by atoms with Gasteiger partial charge in [-0.25, -0.2) is 17.6 Å². The van der Waals surface area contributed by atoms with Gasteiger partial charge < -0.3 is 5.43 Å². The molecule has 104 valence electrons. The minimum absolute atomic E-state index is 0.0995. The summed E-state index contributed by atoms with van der Waals surface area (Å²) in [6.45, 7) is 0. The van der Waals surface area contributed by atoms with Crippen molar-refractivity contribution in [2.75, 3.05) is 5.43 Å². The van der Waals surface area contributed by atoms with E-state index in [1.165, 1.54) is 29.7 Å². The molecule has 0 fully saturated rings. The van der Waals surface area contributed by atoms with Crippen LogP contribution in [0.4, 0.5) is 23.2 Å². The molecule has 2 rings (SSSR count). The molecule has 0 aliphatic rings. The van der Waals surface area contributed by atoms with E-state index in [1.54, 1.807) is 6.07 Å². The molecule has 0 bridgehead atoms. The number of ketones is 1. The summed E-state index contributed by atoms with van der Waals surface area (Å²) in [5.74, 6) is -3.50. The molecule has 0 aliphatic carbocycles. The summed E-state index contributed by atoms with van der Waals surface area (Å²) in [5.41, 5.74) is -1.07. The Balaban J connectivity index is 2.67.